The smallest absolute Gasteiger partial charge is 0.293 e. The summed E-state index contributed by atoms with van der Waals surface area (Å²) in [4.78, 5) is 30.6. The number of rotatable bonds is 4. The predicted octanol–water partition coefficient (Wildman–Crippen LogP) is 2.88. The van der Waals surface area contributed by atoms with Gasteiger partial charge in [0.05, 0.1) is 17.1 Å². The lowest BCUT2D eigenvalue weighted by molar-refractivity contribution is 0.0987. The summed E-state index contributed by atoms with van der Waals surface area (Å²) in [7, 11) is 0. The van der Waals surface area contributed by atoms with E-state index in [1.807, 2.05) is 6.07 Å². The topological polar surface area (TPSA) is 101 Å². The van der Waals surface area contributed by atoms with Crippen LogP contribution in [0, 0.1) is 19.8 Å². The lowest BCUT2D eigenvalue weighted by Crippen LogP contribution is -2.35. The number of piperidine rings is 1. The molecular weight excluding hydrogens is 332 g/mol. The fourth-order valence-electron chi connectivity index (χ4n) is 3.39. The lowest BCUT2D eigenvalue weighted by Gasteiger charge is -2.34. The standard InChI is InChI=1S/C19H24N4O3/c1-11-5-4-8-23(10-11)16-7-6-14(18(20)24)9-15(16)22-19(25)17-12(2)21-13(3)26-17/h6-7,9,11H,4-5,8,10H2,1-3H3,(H2,20,24)(H,22,25)/t11-/m0/s1. The third-order valence-electron chi connectivity index (χ3n) is 4.64. The highest BCUT2D eigenvalue weighted by Crippen LogP contribution is 2.31. The second-order valence-corrected chi connectivity index (χ2v) is 6.89. The number of benzene rings is 1. The molecule has 2 aromatic rings. The van der Waals surface area contributed by atoms with Crippen LogP contribution in [0.2, 0.25) is 0 Å². The van der Waals surface area contributed by atoms with Crippen molar-refractivity contribution >= 4 is 23.2 Å². The molecule has 0 bridgehead atoms. The van der Waals surface area contributed by atoms with Crippen LogP contribution >= 0.6 is 0 Å². The van der Waals surface area contributed by atoms with Crippen LogP contribution in [0.1, 0.15) is 52.3 Å². The van der Waals surface area contributed by atoms with Crippen LogP contribution in [0.4, 0.5) is 11.4 Å². The second kappa shape index (κ2) is 7.19. The molecule has 0 saturated carbocycles. The van der Waals surface area contributed by atoms with Crippen LogP contribution < -0.4 is 16.0 Å². The predicted molar refractivity (Wildman–Crippen MR) is 99.5 cm³/mol. The van der Waals surface area contributed by atoms with Crippen molar-refractivity contribution in [3.05, 3.63) is 41.1 Å². The molecule has 2 amide bonds. The van der Waals surface area contributed by atoms with Crippen molar-refractivity contribution < 1.29 is 14.0 Å². The number of aryl methyl sites for hydroxylation is 2. The minimum absolute atomic E-state index is 0.171. The highest BCUT2D eigenvalue weighted by Gasteiger charge is 2.22. The van der Waals surface area contributed by atoms with E-state index in [1.54, 1.807) is 26.0 Å². The number of amides is 2. The third kappa shape index (κ3) is 3.71. The Bertz CT molecular complexity index is 843. The minimum Gasteiger partial charge on any atom is -0.436 e. The van der Waals surface area contributed by atoms with E-state index in [4.69, 9.17) is 10.2 Å². The number of carbonyl (C=O) groups excluding carboxylic acids is 2. The van der Waals surface area contributed by atoms with Gasteiger partial charge in [-0.05, 0) is 43.9 Å². The fraction of sp³-hybridized carbons (Fsp3) is 0.421. The van der Waals surface area contributed by atoms with Crippen molar-refractivity contribution in [2.24, 2.45) is 11.7 Å². The molecule has 2 heterocycles. The molecule has 1 aliphatic rings. The molecule has 0 aliphatic carbocycles. The zero-order valence-electron chi connectivity index (χ0n) is 15.3. The molecule has 1 aromatic heterocycles. The fourth-order valence-corrected chi connectivity index (χ4v) is 3.39. The number of primary amides is 1. The normalized spacial score (nSPS) is 17.2. The molecule has 26 heavy (non-hydrogen) atoms. The summed E-state index contributed by atoms with van der Waals surface area (Å²) >= 11 is 0. The van der Waals surface area contributed by atoms with Gasteiger partial charge in [-0.25, -0.2) is 4.98 Å². The first-order chi connectivity index (χ1) is 12.3. The van der Waals surface area contributed by atoms with Gasteiger partial charge in [0.15, 0.2) is 5.89 Å². The van der Waals surface area contributed by atoms with E-state index in [0.29, 0.717) is 28.8 Å². The van der Waals surface area contributed by atoms with E-state index in [-0.39, 0.29) is 5.76 Å². The molecule has 3 rings (SSSR count). The first-order valence-electron chi connectivity index (χ1n) is 8.79. The minimum atomic E-state index is -0.536. The summed E-state index contributed by atoms with van der Waals surface area (Å²) in [5.41, 5.74) is 7.71. The Morgan fingerprint density at radius 1 is 1.35 bits per heavy atom. The number of carbonyl (C=O) groups is 2. The van der Waals surface area contributed by atoms with E-state index < -0.39 is 11.8 Å². The second-order valence-electron chi connectivity index (χ2n) is 6.89. The molecule has 0 spiro atoms. The molecule has 7 nitrogen and oxygen atoms in total. The molecule has 1 fully saturated rings. The van der Waals surface area contributed by atoms with Crippen LogP contribution in [-0.2, 0) is 0 Å². The van der Waals surface area contributed by atoms with E-state index >= 15 is 0 Å². The Balaban J connectivity index is 1.94. The number of anilines is 2. The Hall–Kier alpha value is -2.83. The van der Waals surface area contributed by atoms with Crippen molar-refractivity contribution in [2.45, 2.75) is 33.6 Å². The number of hydrogen-bond acceptors (Lipinski definition) is 5. The van der Waals surface area contributed by atoms with Gasteiger partial charge in [-0.3, -0.25) is 9.59 Å². The molecule has 1 atom stereocenters. The summed E-state index contributed by atoms with van der Waals surface area (Å²) in [5.74, 6) is 0.248. The third-order valence-corrected chi connectivity index (χ3v) is 4.64. The molecule has 3 N–H and O–H groups in total. The van der Waals surface area contributed by atoms with Crippen molar-refractivity contribution in [2.75, 3.05) is 23.3 Å². The number of aromatic nitrogens is 1. The van der Waals surface area contributed by atoms with E-state index in [0.717, 1.165) is 25.2 Å². The molecule has 138 valence electrons. The maximum absolute atomic E-state index is 12.6. The molecule has 1 aliphatic heterocycles. The van der Waals surface area contributed by atoms with Gasteiger partial charge < -0.3 is 20.4 Å². The molecule has 1 aromatic carbocycles. The number of nitrogens with two attached hydrogens (primary N) is 1. The first-order valence-corrected chi connectivity index (χ1v) is 8.79. The highest BCUT2D eigenvalue weighted by atomic mass is 16.4. The maximum atomic E-state index is 12.6. The molecular formula is C19H24N4O3. The van der Waals surface area contributed by atoms with Crippen LogP contribution in [-0.4, -0.2) is 29.9 Å². The quantitative estimate of drug-likeness (QED) is 0.877. The van der Waals surface area contributed by atoms with Crippen LogP contribution in [0.15, 0.2) is 22.6 Å². The largest absolute Gasteiger partial charge is 0.436 e. The molecule has 0 radical (unpaired) electrons. The number of nitrogens with one attached hydrogen (secondary N) is 1. The Morgan fingerprint density at radius 2 is 2.12 bits per heavy atom. The van der Waals surface area contributed by atoms with Gasteiger partial charge in [0, 0.05) is 25.6 Å². The number of nitrogens with zero attached hydrogens (tertiary/aromatic N) is 2. The number of hydrogen-bond donors (Lipinski definition) is 2. The summed E-state index contributed by atoms with van der Waals surface area (Å²) < 4.78 is 5.40. The number of oxazole rings is 1. The Labute approximate surface area is 152 Å². The summed E-state index contributed by atoms with van der Waals surface area (Å²) in [6, 6.07) is 5.15. The van der Waals surface area contributed by atoms with Gasteiger partial charge in [0.25, 0.3) is 5.91 Å². The maximum Gasteiger partial charge on any atom is 0.293 e. The van der Waals surface area contributed by atoms with E-state index in [1.165, 1.54) is 6.42 Å². The lowest BCUT2D eigenvalue weighted by atomic mass is 9.99. The Kier molecular flexibility index (Phi) is 4.97. The van der Waals surface area contributed by atoms with Gasteiger partial charge in [0.1, 0.15) is 0 Å². The molecule has 7 heteroatoms. The van der Waals surface area contributed by atoms with Crippen molar-refractivity contribution in [3.63, 3.8) is 0 Å². The zero-order chi connectivity index (χ0) is 18.8. The van der Waals surface area contributed by atoms with E-state index in [9.17, 15) is 9.59 Å². The SMILES string of the molecule is Cc1nc(C)c(C(=O)Nc2cc(C(N)=O)ccc2N2CCC[C@H](C)C2)o1. The van der Waals surface area contributed by atoms with Crippen molar-refractivity contribution in [1.29, 1.82) is 0 Å². The zero-order valence-corrected chi connectivity index (χ0v) is 15.3. The van der Waals surface area contributed by atoms with E-state index in [2.05, 4.69) is 22.1 Å². The van der Waals surface area contributed by atoms with Gasteiger partial charge in [-0.15, -0.1) is 0 Å². The van der Waals surface area contributed by atoms with Crippen LogP contribution in [0.5, 0.6) is 0 Å². The van der Waals surface area contributed by atoms with Crippen molar-refractivity contribution in [3.8, 4) is 0 Å². The van der Waals surface area contributed by atoms with Gasteiger partial charge in [-0.2, -0.15) is 0 Å². The molecule has 1 saturated heterocycles. The van der Waals surface area contributed by atoms with Gasteiger partial charge in [-0.1, -0.05) is 6.92 Å². The van der Waals surface area contributed by atoms with Gasteiger partial charge >= 0.3 is 0 Å². The summed E-state index contributed by atoms with van der Waals surface area (Å²) in [6.07, 6.45) is 2.28. The average Bonchev–Trinajstić information content (AvgIpc) is 2.93. The van der Waals surface area contributed by atoms with Crippen molar-refractivity contribution in [1.82, 2.24) is 4.98 Å². The Morgan fingerprint density at radius 3 is 2.73 bits per heavy atom. The van der Waals surface area contributed by atoms with Crippen LogP contribution in [0.25, 0.3) is 0 Å². The average molecular weight is 356 g/mol. The summed E-state index contributed by atoms with van der Waals surface area (Å²) in [6.45, 7) is 7.43. The van der Waals surface area contributed by atoms with Crippen LogP contribution in [0.3, 0.4) is 0 Å². The first kappa shape index (κ1) is 18.0. The van der Waals surface area contributed by atoms with Gasteiger partial charge in [0.2, 0.25) is 11.7 Å². The summed E-state index contributed by atoms with van der Waals surface area (Å²) in [5, 5.41) is 2.87. The molecule has 0 unspecified atom stereocenters. The monoisotopic (exact) mass is 356 g/mol. The highest BCUT2D eigenvalue weighted by molar-refractivity contribution is 6.06.